The number of likely N-dealkylation sites (tertiary alicyclic amines) is 1. The summed E-state index contributed by atoms with van der Waals surface area (Å²) in [5.74, 6) is 0.893. The van der Waals surface area contributed by atoms with Crippen LogP contribution in [0.1, 0.15) is 15.9 Å². The molecule has 3 aromatic rings. The summed E-state index contributed by atoms with van der Waals surface area (Å²) in [6, 6.07) is 6.22. The number of aromatic nitrogens is 3. The number of hydroxylamine groups is 1. The van der Waals surface area contributed by atoms with Gasteiger partial charge in [-0.05, 0) is 23.8 Å². The highest BCUT2D eigenvalue weighted by molar-refractivity contribution is 5.92. The summed E-state index contributed by atoms with van der Waals surface area (Å²) in [7, 11) is 3.78. The zero-order chi connectivity index (χ0) is 20.9. The van der Waals surface area contributed by atoms with Crippen molar-refractivity contribution in [3.05, 3.63) is 47.9 Å². The van der Waals surface area contributed by atoms with Crippen molar-refractivity contribution in [2.75, 3.05) is 38.2 Å². The van der Waals surface area contributed by atoms with E-state index in [2.05, 4.69) is 49.7 Å². The van der Waals surface area contributed by atoms with Crippen LogP contribution in [0.3, 0.4) is 0 Å². The van der Waals surface area contributed by atoms with Gasteiger partial charge in [-0.15, -0.1) is 0 Å². The Hall–Kier alpha value is -3.17. The fourth-order valence-corrected chi connectivity index (χ4v) is 4.73. The van der Waals surface area contributed by atoms with E-state index in [-0.39, 0.29) is 5.56 Å². The quantitative estimate of drug-likeness (QED) is 0.487. The number of methoxy groups -OCH3 is 1. The predicted octanol–water partition coefficient (Wildman–Crippen LogP) is 1.42. The van der Waals surface area contributed by atoms with Crippen LogP contribution in [-0.2, 0) is 13.6 Å². The molecule has 2 aliphatic rings. The molecule has 1 aromatic carbocycles. The summed E-state index contributed by atoms with van der Waals surface area (Å²) >= 11 is 0. The minimum atomic E-state index is -0.609. The average Bonchev–Trinajstić information content (AvgIpc) is 3.03. The lowest BCUT2D eigenvalue weighted by Crippen LogP contribution is -2.72. The normalized spacial score (nSPS) is 17.6. The van der Waals surface area contributed by atoms with Gasteiger partial charge in [0.2, 0.25) is 5.95 Å². The zero-order valence-electron chi connectivity index (χ0n) is 17.0. The third kappa shape index (κ3) is 3.06. The molecule has 9 nitrogen and oxygen atoms in total. The van der Waals surface area contributed by atoms with E-state index in [0.717, 1.165) is 38.5 Å². The van der Waals surface area contributed by atoms with Gasteiger partial charge in [0.25, 0.3) is 5.91 Å². The van der Waals surface area contributed by atoms with Crippen LogP contribution in [0.2, 0.25) is 0 Å². The van der Waals surface area contributed by atoms with Crippen molar-refractivity contribution in [2.24, 2.45) is 12.5 Å². The standard InChI is InChI=1S/C21H24N6O3/c1-25-8-15(17-5-16(30-2)3-4-18(17)25)9-26-10-21(11-26)12-27(13-21)20-22-6-14(7-23-20)19(28)24-29/h3-8,29H,9-13H2,1-2H3,(H,24,28). The summed E-state index contributed by atoms with van der Waals surface area (Å²) in [5.41, 5.74) is 4.65. The smallest absolute Gasteiger partial charge is 0.277 e. The van der Waals surface area contributed by atoms with Crippen molar-refractivity contribution in [3.63, 3.8) is 0 Å². The number of hydrogen-bond acceptors (Lipinski definition) is 7. The number of anilines is 1. The Morgan fingerprint density at radius 2 is 1.97 bits per heavy atom. The van der Waals surface area contributed by atoms with E-state index in [4.69, 9.17) is 9.94 Å². The molecule has 0 bridgehead atoms. The van der Waals surface area contributed by atoms with E-state index in [1.807, 2.05) is 6.07 Å². The monoisotopic (exact) mass is 408 g/mol. The molecule has 0 atom stereocenters. The number of ether oxygens (including phenoxy) is 1. The molecule has 1 amide bonds. The first-order valence-electron chi connectivity index (χ1n) is 9.86. The van der Waals surface area contributed by atoms with Crippen LogP contribution in [0.4, 0.5) is 5.95 Å². The van der Waals surface area contributed by atoms with Crippen LogP contribution in [0, 0.1) is 5.41 Å². The van der Waals surface area contributed by atoms with E-state index in [1.165, 1.54) is 28.9 Å². The molecule has 0 saturated carbocycles. The van der Waals surface area contributed by atoms with Gasteiger partial charge < -0.3 is 14.2 Å². The molecular weight excluding hydrogens is 384 g/mol. The van der Waals surface area contributed by atoms with Crippen LogP contribution >= 0.6 is 0 Å². The van der Waals surface area contributed by atoms with Crippen molar-refractivity contribution >= 4 is 22.8 Å². The highest BCUT2D eigenvalue weighted by Crippen LogP contribution is 2.42. The molecule has 5 rings (SSSR count). The largest absolute Gasteiger partial charge is 0.497 e. The van der Waals surface area contributed by atoms with Crippen molar-refractivity contribution in [1.82, 2.24) is 24.9 Å². The number of rotatable bonds is 5. The van der Waals surface area contributed by atoms with Gasteiger partial charge in [0.05, 0.1) is 12.7 Å². The molecule has 0 radical (unpaired) electrons. The van der Waals surface area contributed by atoms with Gasteiger partial charge in [-0.25, -0.2) is 15.4 Å². The summed E-state index contributed by atoms with van der Waals surface area (Å²) in [6.07, 6.45) is 5.07. The van der Waals surface area contributed by atoms with E-state index in [0.29, 0.717) is 11.4 Å². The van der Waals surface area contributed by atoms with Crippen LogP contribution in [0.5, 0.6) is 5.75 Å². The van der Waals surface area contributed by atoms with Crippen molar-refractivity contribution in [2.45, 2.75) is 6.54 Å². The number of aryl methyl sites for hydroxylation is 1. The van der Waals surface area contributed by atoms with E-state index in [1.54, 1.807) is 12.6 Å². The molecule has 2 fully saturated rings. The van der Waals surface area contributed by atoms with E-state index < -0.39 is 5.91 Å². The molecule has 0 unspecified atom stereocenters. The molecule has 4 heterocycles. The Balaban J connectivity index is 1.20. The molecule has 30 heavy (non-hydrogen) atoms. The highest BCUT2D eigenvalue weighted by atomic mass is 16.5. The second kappa shape index (κ2) is 6.96. The third-order valence-electron chi connectivity index (χ3n) is 6.13. The Labute approximate surface area is 173 Å². The highest BCUT2D eigenvalue weighted by Gasteiger charge is 2.52. The number of fused-ring (bicyclic) bond motifs is 1. The lowest BCUT2D eigenvalue weighted by molar-refractivity contribution is -0.0278. The number of nitrogens with one attached hydrogen (secondary N) is 1. The van der Waals surface area contributed by atoms with Crippen molar-refractivity contribution < 1.29 is 14.7 Å². The molecule has 156 valence electrons. The van der Waals surface area contributed by atoms with Crippen molar-refractivity contribution in [1.29, 1.82) is 0 Å². The number of carbonyl (C=O) groups is 1. The topological polar surface area (TPSA) is 95.8 Å². The summed E-state index contributed by atoms with van der Waals surface area (Å²) < 4.78 is 7.57. The van der Waals surface area contributed by atoms with Gasteiger partial charge in [0, 0.05) is 74.7 Å². The third-order valence-corrected chi connectivity index (χ3v) is 6.13. The Kier molecular flexibility index (Phi) is 4.37. The zero-order valence-corrected chi connectivity index (χ0v) is 17.0. The Morgan fingerprint density at radius 3 is 2.63 bits per heavy atom. The minimum Gasteiger partial charge on any atom is -0.497 e. The van der Waals surface area contributed by atoms with Gasteiger partial charge in [-0.3, -0.25) is 14.9 Å². The lowest BCUT2D eigenvalue weighted by Gasteiger charge is -2.60. The first-order chi connectivity index (χ1) is 14.5. The van der Waals surface area contributed by atoms with E-state index >= 15 is 0 Å². The number of hydrogen-bond donors (Lipinski definition) is 2. The van der Waals surface area contributed by atoms with Crippen LogP contribution < -0.4 is 15.1 Å². The molecule has 1 spiro atoms. The van der Waals surface area contributed by atoms with Crippen LogP contribution in [0.25, 0.3) is 10.9 Å². The molecule has 2 aromatic heterocycles. The summed E-state index contributed by atoms with van der Waals surface area (Å²) in [6.45, 7) is 4.86. The van der Waals surface area contributed by atoms with Crippen LogP contribution in [-0.4, -0.2) is 63.8 Å². The number of benzene rings is 1. The molecule has 2 aliphatic heterocycles. The SMILES string of the molecule is COc1ccc2c(c1)c(CN1CC3(C1)CN(c1ncc(C(=O)NO)cn1)C3)cn2C. The molecule has 2 N–H and O–H groups in total. The fourth-order valence-electron chi connectivity index (χ4n) is 4.73. The van der Waals surface area contributed by atoms with Gasteiger partial charge in [0.1, 0.15) is 5.75 Å². The van der Waals surface area contributed by atoms with Gasteiger partial charge in [-0.1, -0.05) is 0 Å². The summed E-state index contributed by atoms with van der Waals surface area (Å²) in [4.78, 5) is 24.5. The molecule has 9 heteroatoms. The maximum absolute atomic E-state index is 11.4. The second-order valence-electron chi connectivity index (χ2n) is 8.36. The predicted molar refractivity (Wildman–Crippen MR) is 111 cm³/mol. The maximum Gasteiger partial charge on any atom is 0.277 e. The average molecular weight is 408 g/mol. The summed E-state index contributed by atoms with van der Waals surface area (Å²) in [5, 5.41) is 9.91. The fraction of sp³-hybridized carbons (Fsp3) is 0.381. The van der Waals surface area contributed by atoms with Gasteiger partial charge in [0.15, 0.2) is 0 Å². The van der Waals surface area contributed by atoms with E-state index in [9.17, 15) is 4.79 Å². The van der Waals surface area contributed by atoms with Gasteiger partial charge in [-0.2, -0.15) is 0 Å². The van der Waals surface area contributed by atoms with Crippen molar-refractivity contribution in [3.8, 4) is 5.75 Å². The van der Waals surface area contributed by atoms with Crippen LogP contribution in [0.15, 0.2) is 36.8 Å². The first-order valence-corrected chi connectivity index (χ1v) is 9.86. The first kappa shape index (κ1) is 18.8. The second-order valence-corrected chi connectivity index (χ2v) is 8.36. The Morgan fingerprint density at radius 1 is 1.23 bits per heavy atom. The Bertz CT molecular complexity index is 1100. The number of amides is 1. The number of carbonyl (C=O) groups excluding carboxylic acids is 1. The molecule has 2 saturated heterocycles. The number of nitrogens with zero attached hydrogens (tertiary/aromatic N) is 5. The minimum absolute atomic E-state index is 0.234. The molecular formula is C21H24N6O3. The van der Waals surface area contributed by atoms with Gasteiger partial charge >= 0.3 is 0 Å². The molecule has 0 aliphatic carbocycles. The maximum atomic E-state index is 11.4. The lowest BCUT2D eigenvalue weighted by atomic mass is 9.73.